The Labute approximate surface area is 131 Å². The zero-order chi connectivity index (χ0) is 15.1. The van der Waals surface area contributed by atoms with Crippen molar-refractivity contribution in [2.75, 3.05) is 13.1 Å². The predicted octanol–water partition coefficient (Wildman–Crippen LogP) is 3.60. The van der Waals surface area contributed by atoms with Crippen molar-refractivity contribution in [1.29, 1.82) is 0 Å². The van der Waals surface area contributed by atoms with Crippen LogP contribution in [0, 0.1) is 11.8 Å². The van der Waals surface area contributed by atoms with Crippen molar-refractivity contribution in [1.82, 2.24) is 9.88 Å². The topological polar surface area (TPSA) is 33.2 Å². The molecule has 3 atom stereocenters. The molecule has 2 aromatic rings. The summed E-state index contributed by atoms with van der Waals surface area (Å²) in [7, 11) is 0. The molecule has 0 unspecified atom stereocenters. The van der Waals surface area contributed by atoms with Gasteiger partial charge in [-0.1, -0.05) is 31.2 Å². The molecule has 3 heteroatoms. The summed E-state index contributed by atoms with van der Waals surface area (Å²) >= 11 is 0. The molecule has 1 saturated heterocycles. The second-order valence-corrected chi connectivity index (χ2v) is 6.90. The molecular weight excluding hydrogens is 272 g/mol. The number of hydrogen-bond acceptors (Lipinski definition) is 2. The Hall–Kier alpha value is -1.90. The van der Waals surface area contributed by atoms with E-state index in [0.717, 1.165) is 38.0 Å². The van der Waals surface area contributed by atoms with Crippen LogP contribution in [0.4, 0.5) is 0 Å². The van der Waals surface area contributed by atoms with Gasteiger partial charge in [-0.15, -0.1) is 0 Å². The van der Waals surface area contributed by atoms with Gasteiger partial charge in [-0.3, -0.25) is 9.78 Å². The van der Waals surface area contributed by atoms with E-state index in [9.17, 15) is 4.79 Å². The summed E-state index contributed by atoms with van der Waals surface area (Å²) in [4.78, 5) is 19.2. The van der Waals surface area contributed by atoms with Crippen molar-refractivity contribution in [3.63, 3.8) is 0 Å². The SMILES string of the molecule is C[C@@H]1C[C@@H]1C(=O)N1CCC[C@@H](c2cc3ccccc3cn2)C1. The Morgan fingerprint density at radius 3 is 2.82 bits per heavy atom. The summed E-state index contributed by atoms with van der Waals surface area (Å²) in [6, 6.07) is 10.5. The van der Waals surface area contributed by atoms with Gasteiger partial charge in [0, 0.05) is 42.2 Å². The number of aromatic nitrogens is 1. The van der Waals surface area contributed by atoms with E-state index in [4.69, 9.17) is 0 Å². The third kappa shape index (κ3) is 2.49. The van der Waals surface area contributed by atoms with Crippen molar-refractivity contribution < 1.29 is 4.79 Å². The highest BCUT2D eigenvalue weighted by Gasteiger charge is 2.42. The fourth-order valence-corrected chi connectivity index (χ4v) is 3.64. The minimum absolute atomic E-state index is 0.295. The van der Waals surface area contributed by atoms with Crippen LogP contribution in [0.25, 0.3) is 10.8 Å². The Bertz CT molecular complexity index is 711. The van der Waals surface area contributed by atoms with Gasteiger partial charge >= 0.3 is 0 Å². The van der Waals surface area contributed by atoms with Gasteiger partial charge in [-0.2, -0.15) is 0 Å². The third-order valence-electron chi connectivity index (χ3n) is 5.23. The fourth-order valence-electron chi connectivity index (χ4n) is 3.64. The van der Waals surface area contributed by atoms with Gasteiger partial charge in [0.05, 0.1) is 0 Å². The highest BCUT2D eigenvalue weighted by Crippen LogP contribution is 2.40. The number of benzene rings is 1. The van der Waals surface area contributed by atoms with Crippen LogP contribution in [0.15, 0.2) is 36.5 Å². The van der Waals surface area contributed by atoms with Gasteiger partial charge in [-0.05, 0) is 36.6 Å². The van der Waals surface area contributed by atoms with E-state index in [2.05, 4.69) is 41.1 Å². The van der Waals surface area contributed by atoms with E-state index < -0.39 is 0 Å². The molecule has 22 heavy (non-hydrogen) atoms. The molecule has 1 aliphatic carbocycles. The molecule has 2 fully saturated rings. The predicted molar refractivity (Wildman–Crippen MR) is 87.6 cm³/mol. The van der Waals surface area contributed by atoms with Crippen molar-refractivity contribution in [2.45, 2.75) is 32.1 Å². The normalized spacial score (nSPS) is 27.9. The zero-order valence-electron chi connectivity index (χ0n) is 13.0. The minimum Gasteiger partial charge on any atom is -0.342 e. The van der Waals surface area contributed by atoms with Crippen molar-refractivity contribution in [3.05, 3.63) is 42.2 Å². The number of hydrogen-bond donors (Lipinski definition) is 0. The molecule has 1 aliphatic heterocycles. The number of nitrogens with zero attached hydrogens (tertiary/aromatic N) is 2. The van der Waals surface area contributed by atoms with Crippen LogP contribution in [0.2, 0.25) is 0 Å². The lowest BCUT2D eigenvalue weighted by molar-refractivity contribution is -0.134. The Kier molecular flexibility index (Phi) is 3.36. The lowest BCUT2D eigenvalue weighted by Crippen LogP contribution is -2.40. The number of carbonyl (C=O) groups is 1. The second kappa shape index (κ2) is 5.38. The lowest BCUT2D eigenvalue weighted by Gasteiger charge is -2.33. The standard InChI is InChI=1S/C19H22N2O/c1-13-9-17(13)19(22)21-8-4-7-16(12-21)18-10-14-5-2-3-6-15(14)11-20-18/h2-3,5-6,10-11,13,16-17H,4,7-9,12H2,1H3/t13-,16-,17+/m1/s1. The molecule has 4 rings (SSSR count). The Balaban J connectivity index is 1.54. The molecule has 1 aromatic heterocycles. The summed E-state index contributed by atoms with van der Waals surface area (Å²) in [6.45, 7) is 3.94. The summed E-state index contributed by atoms with van der Waals surface area (Å²) in [5.74, 6) is 1.64. The van der Waals surface area contributed by atoms with Crippen molar-refractivity contribution in [3.8, 4) is 0 Å². The molecule has 1 saturated carbocycles. The first-order chi connectivity index (χ1) is 10.7. The van der Waals surface area contributed by atoms with Crippen LogP contribution in [0.5, 0.6) is 0 Å². The van der Waals surface area contributed by atoms with E-state index in [1.807, 2.05) is 12.3 Å². The number of piperidine rings is 1. The summed E-state index contributed by atoms with van der Waals surface area (Å²) < 4.78 is 0. The van der Waals surface area contributed by atoms with Gasteiger partial charge < -0.3 is 4.90 Å². The molecule has 0 radical (unpaired) electrons. The largest absolute Gasteiger partial charge is 0.342 e. The number of carbonyl (C=O) groups excluding carboxylic acids is 1. The molecule has 2 heterocycles. The Morgan fingerprint density at radius 1 is 1.27 bits per heavy atom. The van der Waals surface area contributed by atoms with E-state index in [0.29, 0.717) is 23.7 Å². The summed E-state index contributed by atoms with van der Waals surface area (Å²) in [5, 5.41) is 2.42. The minimum atomic E-state index is 0.295. The number of rotatable bonds is 2. The second-order valence-electron chi connectivity index (χ2n) is 6.90. The first-order valence-electron chi connectivity index (χ1n) is 8.36. The van der Waals surface area contributed by atoms with Gasteiger partial charge in [-0.25, -0.2) is 0 Å². The van der Waals surface area contributed by atoms with E-state index in [1.165, 1.54) is 10.8 Å². The maximum Gasteiger partial charge on any atom is 0.225 e. The lowest BCUT2D eigenvalue weighted by atomic mass is 9.93. The zero-order valence-corrected chi connectivity index (χ0v) is 13.0. The maximum atomic E-state index is 12.5. The third-order valence-corrected chi connectivity index (χ3v) is 5.23. The maximum absolute atomic E-state index is 12.5. The molecule has 2 aliphatic rings. The number of fused-ring (bicyclic) bond motifs is 1. The van der Waals surface area contributed by atoms with Crippen molar-refractivity contribution in [2.24, 2.45) is 11.8 Å². The van der Waals surface area contributed by atoms with Gasteiger partial charge in [0.15, 0.2) is 0 Å². The molecule has 1 aromatic carbocycles. The quantitative estimate of drug-likeness (QED) is 0.848. The number of pyridine rings is 1. The highest BCUT2D eigenvalue weighted by molar-refractivity contribution is 5.82. The summed E-state index contributed by atoms with van der Waals surface area (Å²) in [6.07, 6.45) is 5.27. The molecule has 3 nitrogen and oxygen atoms in total. The monoisotopic (exact) mass is 294 g/mol. The van der Waals surface area contributed by atoms with Crippen LogP contribution in [0.3, 0.4) is 0 Å². The molecular formula is C19H22N2O. The molecule has 114 valence electrons. The van der Waals surface area contributed by atoms with E-state index in [-0.39, 0.29) is 0 Å². The summed E-state index contributed by atoms with van der Waals surface area (Å²) in [5.41, 5.74) is 1.14. The average Bonchev–Trinajstić information content (AvgIpc) is 3.30. The molecule has 0 spiro atoms. The smallest absolute Gasteiger partial charge is 0.225 e. The highest BCUT2D eigenvalue weighted by atomic mass is 16.2. The van der Waals surface area contributed by atoms with E-state index >= 15 is 0 Å². The van der Waals surface area contributed by atoms with Gasteiger partial charge in [0.25, 0.3) is 0 Å². The van der Waals surface area contributed by atoms with Gasteiger partial charge in [0.2, 0.25) is 5.91 Å². The van der Waals surface area contributed by atoms with Crippen LogP contribution in [-0.4, -0.2) is 28.9 Å². The molecule has 0 N–H and O–H groups in total. The van der Waals surface area contributed by atoms with Crippen LogP contribution >= 0.6 is 0 Å². The molecule has 0 bridgehead atoms. The average molecular weight is 294 g/mol. The van der Waals surface area contributed by atoms with Gasteiger partial charge in [0.1, 0.15) is 0 Å². The van der Waals surface area contributed by atoms with Crippen LogP contribution < -0.4 is 0 Å². The fraction of sp³-hybridized carbons (Fsp3) is 0.474. The van der Waals surface area contributed by atoms with Crippen LogP contribution in [0.1, 0.15) is 37.8 Å². The van der Waals surface area contributed by atoms with E-state index in [1.54, 1.807) is 0 Å². The number of likely N-dealkylation sites (tertiary alicyclic amines) is 1. The first kappa shape index (κ1) is 13.7. The number of amides is 1. The first-order valence-corrected chi connectivity index (χ1v) is 8.36. The molecule has 1 amide bonds. The van der Waals surface area contributed by atoms with Crippen LogP contribution in [-0.2, 0) is 4.79 Å². The Morgan fingerprint density at radius 2 is 2.05 bits per heavy atom. The van der Waals surface area contributed by atoms with Crippen molar-refractivity contribution >= 4 is 16.7 Å².